The van der Waals surface area contributed by atoms with Crippen LogP contribution in [0.2, 0.25) is 0 Å². The summed E-state index contributed by atoms with van der Waals surface area (Å²) in [7, 11) is 0.890. The summed E-state index contributed by atoms with van der Waals surface area (Å²) in [4.78, 5) is 49.5. The smallest absolute Gasteiger partial charge is 0.341 e. The maximum absolute atomic E-state index is 14.8. The zero-order valence-corrected chi connectivity index (χ0v) is 53.4. The van der Waals surface area contributed by atoms with Gasteiger partial charge in [-0.25, -0.2) is 4.79 Å². The Morgan fingerprint density at radius 1 is 0.929 bits per heavy atom. The van der Waals surface area contributed by atoms with E-state index in [4.69, 9.17) is 37.4 Å². The Morgan fingerprint density at radius 3 is 2.21 bits per heavy atom. The number of hydrogen-bond acceptors (Lipinski definition) is 21. The normalized spacial score (nSPS) is 35.6. The summed E-state index contributed by atoms with van der Waals surface area (Å²) in [5.74, 6) is -6.16. The van der Waals surface area contributed by atoms with Gasteiger partial charge in [0.15, 0.2) is 12.6 Å². The number of aromatic carboxylic acids is 1. The number of carbonyl (C=O) groups is 2. The fourth-order valence-electron chi connectivity index (χ4n) is 12.6. The highest BCUT2D eigenvalue weighted by molar-refractivity contribution is 7.86. The lowest BCUT2D eigenvalue weighted by Gasteiger charge is -2.49. The van der Waals surface area contributed by atoms with Crippen molar-refractivity contribution in [3.8, 4) is 0 Å². The number of oxime groups is 1. The standard InChI is InChI=1S/C60H101N5O18S/c1-17-46-60(13,73)52(68)37(7)48(62-77-28-27-64(18-2)19-3)35(5)32-58(11,72)53(82-57-50(67)45(63(14)15)30-36(6)78-57)38(8)51(39(9)56(71)80-46)81-47-33-59(12,76-16)54(40(10)79-47)83-84(74,75)29-26-61-25-21-22-41-23-24-44-42(31-41)49(66)43(55(69)70)34-65(44)20-4/h23-24,31,34-40,45-47,50-54,57,61,67-68,72-73H,17-22,25-30,32-33H2,1-16H3,(H,69,70)/t35-,36-,37+,38+,39-,40+,45+,46-,47+,50-,51+,52-,53-,54+,57+,58-,59-,60-/m1/s1. The molecule has 0 saturated carbocycles. The van der Waals surface area contributed by atoms with E-state index in [1.54, 1.807) is 65.2 Å². The summed E-state index contributed by atoms with van der Waals surface area (Å²) in [5.41, 5.74) is -4.28. The number of methoxy groups -OCH3 is 1. The Kier molecular flexibility index (Phi) is 25.8. The van der Waals surface area contributed by atoms with Crippen LogP contribution >= 0.6 is 0 Å². The van der Waals surface area contributed by atoms with Gasteiger partial charge in [0, 0.05) is 68.5 Å². The van der Waals surface area contributed by atoms with Crippen molar-refractivity contribution >= 4 is 38.7 Å². The number of aryl methyl sites for hydroxylation is 2. The highest BCUT2D eigenvalue weighted by Gasteiger charge is 2.54. The second-order valence-corrected chi connectivity index (χ2v) is 26.2. The number of aliphatic hydroxyl groups is 4. The Balaban J connectivity index is 1.41. The van der Waals surface area contributed by atoms with Crippen LogP contribution in [-0.4, -0.2) is 217 Å². The first-order valence-corrected chi connectivity index (χ1v) is 31.7. The highest BCUT2D eigenvalue weighted by Crippen LogP contribution is 2.42. The molecule has 0 amide bonds. The van der Waals surface area contributed by atoms with Gasteiger partial charge >= 0.3 is 11.9 Å². The number of aromatic nitrogens is 1. The summed E-state index contributed by atoms with van der Waals surface area (Å²) in [5, 5.41) is 67.0. The van der Waals surface area contributed by atoms with Crippen molar-refractivity contribution in [1.82, 2.24) is 19.7 Å². The number of carboxylic acid groups (broad SMARTS) is 1. The van der Waals surface area contributed by atoms with Crippen molar-refractivity contribution < 1.29 is 81.0 Å². The SMILES string of the molecule is CC[C@H]1OC(=O)[C@H](C)[C@@H](O[C@H]2C[C@@](C)(OC)[C@@H](OS(=O)(=O)CCNCCCc3ccc4c(c3)c(=O)c(C(=O)O)cn4CC)[C@H](C)O2)[C@H](C)[C@@H](O[C@@H]2O[C@H](C)C[C@H](N(C)C)[C@H]2O)[C@](C)(O)C[C@@H](C)C(=NOCCN(CC)CC)[C@H](C)[C@@H](O)[C@]1(C)O. The number of likely N-dealkylation sites (N-methyl/N-ethyl adjacent to an activating group) is 2. The van der Waals surface area contributed by atoms with E-state index in [-0.39, 0.29) is 50.1 Å². The number of cyclic esters (lactones) is 1. The molecule has 0 unspecified atom stereocenters. The Bertz CT molecular complexity index is 2670. The van der Waals surface area contributed by atoms with Crippen LogP contribution in [0.4, 0.5) is 0 Å². The molecule has 3 saturated heterocycles. The van der Waals surface area contributed by atoms with Gasteiger partial charge in [0.2, 0.25) is 5.43 Å². The molecule has 0 spiro atoms. The van der Waals surface area contributed by atoms with E-state index in [2.05, 4.69) is 15.4 Å². The first-order chi connectivity index (χ1) is 39.3. The maximum atomic E-state index is 14.8. The van der Waals surface area contributed by atoms with Gasteiger partial charge in [-0.15, -0.1) is 0 Å². The lowest BCUT2D eigenvalue weighted by atomic mass is 9.73. The predicted octanol–water partition coefficient (Wildman–Crippen LogP) is 4.54. The zero-order chi connectivity index (χ0) is 62.8. The molecule has 0 bridgehead atoms. The van der Waals surface area contributed by atoms with Crippen LogP contribution in [-0.2, 0) is 65.3 Å². The molecule has 24 heteroatoms. The molecule has 0 radical (unpaired) electrons. The number of benzene rings is 1. The topological polar surface area (TPSA) is 296 Å². The van der Waals surface area contributed by atoms with Crippen molar-refractivity contribution in [3.05, 3.63) is 45.7 Å². The lowest BCUT2D eigenvalue weighted by molar-refractivity contribution is -0.316. The minimum atomic E-state index is -4.22. The van der Waals surface area contributed by atoms with Gasteiger partial charge in [-0.3, -0.25) is 13.8 Å². The second kappa shape index (κ2) is 30.5. The van der Waals surface area contributed by atoms with Gasteiger partial charge in [-0.05, 0) is 132 Å². The van der Waals surface area contributed by atoms with Crippen molar-refractivity contribution in [2.45, 2.75) is 219 Å². The predicted molar refractivity (Wildman–Crippen MR) is 317 cm³/mol. The van der Waals surface area contributed by atoms with Crippen LogP contribution in [0.15, 0.2) is 34.3 Å². The van der Waals surface area contributed by atoms with E-state index >= 15 is 0 Å². The van der Waals surface area contributed by atoms with Gasteiger partial charge in [0.25, 0.3) is 10.1 Å². The first kappa shape index (κ1) is 71.0. The van der Waals surface area contributed by atoms with E-state index in [0.717, 1.165) is 18.7 Å². The number of fused-ring (bicyclic) bond motifs is 1. The number of rotatable bonds is 24. The number of nitrogens with one attached hydrogen (secondary N) is 1. The summed E-state index contributed by atoms with van der Waals surface area (Å²) in [6.07, 6.45) is -8.53. The van der Waals surface area contributed by atoms with Crippen LogP contribution in [0, 0.1) is 23.7 Å². The third-order valence-corrected chi connectivity index (χ3v) is 18.9. The molecule has 3 aliphatic rings. The van der Waals surface area contributed by atoms with E-state index in [9.17, 15) is 48.3 Å². The molecule has 5 rings (SSSR count). The molecule has 84 heavy (non-hydrogen) atoms. The summed E-state index contributed by atoms with van der Waals surface area (Å²) >= 11 is 0. The van der Waals surface area contributed by atoms with Gasteiger partial charge in [-0.1, -0.05) is 52.8 Å². The largest absolute Gasteiger partial charge is 0.477 e. The number of esters is 1. The van der Waals surface area contributed by atoms with Gasteiger partial charge in [-0.2, -0.15) is 8.42 Å². The molecule has 1 aromatic heterocycles. The van der Waals surface area contributed by atoms with Crippen LogP contribution in [0.25, 0.3) is 10.9 Å². The monoisotopic (exact) mass is 1210 g/mol. The Labute approximate surface area is 497 Å². The molecule has 0 aliphatic carbocycles. The Hall–Kier alpha value is -3.73. The van der Waals surface area contributed by atoms with E-state index < -0.39 is 129 Å². The number of ether oxygens (including phenoxy) is 6. The number of nitrogens with zero attached hydrogens (tertiary/aromatic N) is 4. The van der Waals surface area contributed by atoms with Crippen LogP contribution in [0.1, 0.15) is 138 Å². The van der Waals surface area contributed by atoms with E-state index in [0.29, 0.717) is 55.5 Å². The van der Waals surface area contributed by atoms with Crippen molar-refractivity contribution in [2.75, 3.05) is 66.3 Å². The van der Waals surface area contributed by atoms with Gasteiger partial charge in [0.1, 0.15) is 36.1 Å². The molecule has 3 aliphatic heterocycles. The average molecular weight is 1210 g/mol. The number of aliphatic hydroxyl groups excluding tert-OH is 2. The fourth-order valence-corrected chi connectivity index (χ4v) is 13.7. The fraction of sp³-hybridized carbons (Fsp3) is 0.800. The van der Waals surface area contributed by atoms with E-state index in [1.165, 1.54) is 20.2 Å². The van der Waals surface area contributed by atoms with Gasteiger partial charge in [0.05, 0.1) is 64.6 Å². The van der Waals surface area contributed by atoms with Crippen LogP contribution < -0.4 is 10.7 Å². The third-order valence-electron chi connectivity index (χ3n) is 17.7. The summed E-state index contributed by atoms with van der Waals surface area (Å²) < 4.78 is 74.0. The van der Waals surface area contributed by atoms with Crippen LogP contribution in [0.5, 0.6) is 0 Å². The number of pyridine rings is 1. The van der Waals surface area contributed by atoms with E-state index in [1.807, 2.05) is 59.7 Å². The minimum absolute atomic E-state index is 0.0444. The van der Waals surface area contributed by atoms with Crippen molar-refractivity contribution in [1.29, 1.82) is 0 Å². The number of carbonyl (C=O) groups excluding carboxylic acids is 1. The summed E-state index contributed by atoms with van der Waals surface area (Å²) in [6, 6.07) is 5.01. The molecule has 1 aromatic carbocycles. The number of carboxylic acids is 1. The lowest BCUT2D eigenvalue weighted by Crippen LogP contribution is -2.61. The molecule has 2 aromatic rings. The van der Waals surface area contributed by atoms with Crippen LogP contribution in [0.3, 0.4) is 0 Å². The van der Waals surface area contributed by atoms with Crippen molar-refractivity contribution in [2.24, 2.45) is 28.8 Å². The molecule has 6 N–H and O–H groups in total. The minimum Gasteiger partial charge on any atom is -0.477 e. The second-order valence-electron chi connectivity index (χ2n) is 24.4. The highest BCUT2D eigenvalue weighted by atomic mass is 32.2. The first-order valence-electron chi connectivity index (χ1n) is 30.1. The molecule has 23 nitrogen and oxygen atoms in total. The Morgan fingerprint density at radius 2 is 1.61 bits per heavy atom. The number of hydrogen-bond donors (Lipinski definition) is 6. The molecule has 18 atom stereocenters. The molecule has 480 valence electrons. The quantitative estimate of drug-likeness (QED) is 0.0364. The average Bonchev–Trinajstić information content (AvgIpc) is 3.53. The zero-order valence-electron chi connectivity index (χ0n) is 52.6. The molecule has 4 heterocycles. The van der Waals surface area contributed by atoms with Gasteiger partial charge < -0.3 is 78.5 Å². The third kappa shape index (κ3) is 17.3. The summed E-state index contributed by atoms with van der Waals surface area (Å²) in [6.45, 7) is 26.0. The van der Waals surface area contributed by atoms with Crippen molar-refractivity contribution in [3.63, 3.8) is 0 Å². The maximum Gasteiger partial charge on any atom is 0.341 e. The molecular formula is C60H101N5O18S. The molecule has 3 fully saturated rings. The molecular weight excluding hydrogens is 1110 g/mol.